The van der Waals surface area contributed by atoms with E-state index in [0.717, 1.165) is 19.3 Å². The molecule has 193 valence electrons. The topological polar surface area (TPSA) is 0 Å². The van der Waals surface area contributed by atoms with E-state index in [0.29, 0.717) is 0 Å². The molecular weight excluding hydrogens is 607 g/mol. The summed E-state index contributed by atoms with van der Waals surface area (Å²) in [5, 5.41) is 8.45. The molecule has 0 saturated heterocycles. The third-order valence-electron chi connectivity index (χ3n) is 7.90. The van der Waals surface area contributed by atoms with Crippen molar-refractivity contribution in [2.24, 2.45) is 0 Å². The van der Waals surface area contributed by atoms with Gasteiger partial charge in [0.05, 0.1) is 0 Å². The summed E-state index contributed by atoms with van der Waals surface area (Å²) in [4.78, 5) is 0. The quantitative estimate of drug-likeness (QED) is 0.273. The van der Waals surface area contributed by atoms with Crippen molar-refractivity contribution in [3.8, 4) is 0 Å². The maximum atomic E-state index is 2.35. The predicted molar refractivity (Wildman–Crippen MR) is 155 cm³/mol. The van der Waals surface area contributed by atoms with Crippen LogP contribution in [0.15, 0.2) is 127 Å². The van der Waals surface area contributed by atoms with Crippen molar-refractivity contribution in [2.45, 2.75) is 19.3 Å². The first-order chi connectivity index (χ1) is 18.8. The van der Waals surface area contributed by atoms with E-state index < -0.39 is 0 Å². The summed E-state index contributed by atoms with van der Waals surface area (Å²) < 4.78 is 1.48. The summed E-state index contributed by atoms with van der Waals surface area (Å²) in [6.07, 6.45) is 9.71. The average molecular weight is 634 g/mol. The molecule has 0 bridgehead atoms. The molecule has 0 saturated carbocycles. The fourth-order valence-corrected chi connectivity index (χ4v) is 7.44. The number of hydrogen-bond donors (Lipinski definition) is 0. The number of benzene rings is 5. The minimum absolute atomic E-state index is 0. The molecule has 40 heavy (non-hydrogen) atoms. The third-order valence-corrected chi connectivity index (χ3v) is 9.17. The van der Waals surface area contributed by atoms with Gasteiger partial charge in [0.2, 0.25) is 0 Å². The molecule has 3 heteroatoms. The van der Waals surface area contributed by atoms with Crippen LogP contribution in [0.1, 0.15) is 28.7 Å². The molecule has 0 amide bonds. The molecule has 5 aromatic rings. The number of halogens is 2. The molecule has 0 fully saturated rings. The van der Waals surface area contributed by atoms with E-state index in [2.05, 4.69) is 127 Å². The molecule has 5 aromatic carbocycles. The molecule has 0 heterocycles. The predicted octanol–water partition coefficient (Wildman–Crippen LogP) is 1.13. The van der Waals surface area contributed by atoms with Crippen molar-refractivity contribution in [3.05, 3.63) is 171 Å². The van der Waals surface area contributed by atoms with E-state index in [1.165, 1.54) is 93.0 Å². The summed E-state index contributed by atoms with van der Waals surface area (Å²) in [5.41, 5.74) is 8.52. The first kappa shape index (κ1) is 28.6. The van der Waals surface area contributed by atoms with Gasteiger partial charge in [0.25, 0.3) is 0 Å². The Kier molecular flexibility index (Phi) is 8.77. The van der Waals surface area contributed by atoms with Gasteiger partial charge >= 0.3 is 240 Å². The zero-order valence-corrected chi connectivity index (χ0v) is 26.0. The van der Waals surface area contributed by atoms with E-state index in [-0.39, 0.29) is 24.8 Å². The van der Waals surface area contributed by atoms with Gasteiger partial charge in [0.15, 0.2) is 0 Å². The molecule has 0 radical (unpaired) electrons. The van der Waals surface area contributed by atoms with Crippen LogP contribution < -0.4 is 35.3 Å². The molecule has 0 aliphatic heterocycles. The molecule has 0 nitrogen and oxygen atoms in total. The first-order valence-electron chi connectivity index (χ1n) is 13.4. The van der Waals surface area contributed by atoms with Crippen LogP contribution in [0.25, 0.3) is 25.2 Å². The summed E-state index contributed by atoms with van der Waals surface area (Å²) >= 11 is 1.47. The number of hydrogen-bond acceptors (Lipinski definition) is 0. The van der Waals surface area contributed by atoms with Crippen LogP contribution in [0, 0.1) is 10.4 Å². The van der Waals surface area contributed by atoms with Crippen LogP contribution in [0.2, 0.25) is 0 Å². The molecule has 7 rings (SSSR count). The molecule has 0 aromatic heterocycles. The fourth-order valence-electron chi connectivity index (χ4n) is 6.26. The molecule has 0 N–H and O–H groups in total. The second-order valence-corrected chi connectivity index (χ2v) is 11.4. The average Bonchev–Trinajstić information content (AvgIpc) is 3.60. The van der Waals surface area contributed by atoms with Crippen LogP contribution in [0.5, 0.6) is 0 Å². The summed E-state index contributed by atoms with van der Waals surface area (Å²) in [7, 11) is 0. The van der Waals surface area contributed by atoms with Crippen LogP contribution >= 0.6 is 0 Å². The van der Waals surface area contributed by atoms with Crippen molar-refractivity contribution in [2.75, 3.05) is 0 Å². The Labute approximate surface area is 262 Å². The van der Waals surface area contributed by atoms with Gasteiger partial charge in [-0.2, -0.15) is 0 Å². The molecular formula is C37H27Cl2Zr. The Bertz CT molecular complexity index is 1950. The Morgan fingerprint density at radius 3 is 1.70 bits per heavy atom. The van der Waals surface area contributed by atoms with Gasteiger partial charge in [-0.05, 0) is 0 Å². The van der Waals surface area contributed by atoms with Gasteiger partial charge in [-0.1, -0.05) is 0 Å². The normalized spacial score (nSPS) is 12.8. The second kappa shape index (κ2) is 12.3. The Morgan fingerprint density at radius 2 is 1.12 bits per heavy atom. The molecule has 0 unspecified atom stereocenters. The first-order valence-corrected chi connectivity index (χ1v) is 14.6. The van der Waals surface area contributed by atoms with Crippen LogP contribution in [0.4, 0.5) is 0 Å². The van der Waals surface area contributed by atoms with E-state index >= 15 is 0 Å². The van der Waals surface area contributed by atoms with Gasteiger partial charge in [0, 0.05) is 0 Å². The van der Waals surface area contributed by atoms with Crippen LogP contribution in [-0.2, 0) is 37.6 Å². The standard InChI is InChI=1S/C37H27.2ClH.Zr/c1-3-13-26(14-4-1)23-30(24-27-15-5-2-6-16-27)36-35(28-17-7-8-18-28)33-22-12-11-21-32(33)34-25-29-19-9-10-20-31(29)37(34)36;;;/h1-17,19-22H,18,23-24H2;2*1H;/q;;;+2/p-2. The minimum atomic E-state index is 0. The SMILES string of the molecule is [Cl-].[Cl-].[Zr+2][C]1=c2ccccc2=c2c1c1ccccc1c(C1=CC=CC1)c2=C(Cc1ccccc1)Cc1ccccc1. The van der Waals surface area contributed by atoms with Crippen molar-refractivity contribution in [1.82, 2.24) is 0 Å². The fraction of sp³-hybridized carbons (Fsp3) is 0.0811. The van der Waals surface area contributed by atoms with Gasteiger partial charge in [-0.25, -0.2) is 0 Å². The summed E-state index contributed by atoms with van der Waals surface area (Å²) in [6, 6.07) is 40.2. The summed E-state index contributed by atoms with van der Waals surface area (Å²) in [5.74, 6) is 0. The van der Waals surface area contributed by atoms with Crippen LogP contribution in [0.3, 0.4) is 0 Å². The van der Waals surface area contributed by atoms with Crippen molar-refractivity contribution < 1.29 is 49.5 Å². The number of rotatable bonds is 5. The Hall–Kier alpha value is -2.96. The third kappa shape index (κ3) is 5.01. The van der Waals surface area contributed by atoms with E-state index in [1.807, 2.05) is 0 Å². The number of allylic oxidation sites excluding steroid dienone is 4. The van der Waals surface area contributed by atoms with Crippen LogP contribution in [-0.4, -0.2) is 0 Å². The number of fused-ring (bicyclic) bond motifs is 4. The maximum absolute atomic E-state index is 2.35. The zero-order chi connectivity index (χ0) is 25.5. The van der Waals surface area contributed by atoms with Gasteiger partial charge in [0.1, 0.15) is 0 Å². The molecule has 2 aliphatic carbocycles. The van der Waals surface area contributed by atoms with Crippen molar-refractivity contribution >= 4 is 25.2 Å². The second-order valence-electron chi connectivity index (χ2n) is 10.2. The van der Waals surface area contributed by atoms with E-state index in [1.54, 1.807) is 0 Å². The summed E-state index contributed by atoms with van der Waals surface area (Å²) in [6.45, 7) is 0. The Balaban J connectivity index is 0.00000161. The zero-order valence-electron chi connectivity index (χ0n) is 22.0. The van der Waals surface area contributed by atoms with Gasteiger partial charge < -0.3 is 24.8 Å². The van der Waals surface area contributed by atoms with Gasteiger partial charge in [-0.15, -0.1) is 0 Å². The van der Waals surface area contributed by atoms with Crippen molar-refractivity contribution in [1.29, 1.82) is 0 Å². The van der Waals surface area contributed by atoms with E-state index in [4.69, 9.17) is 0 Å². The molecule has 0 spiro atoms. The monoisotopic (exact) mass is 631 g/mol. The molecule has 2 aliphatic rings. The van der Waals surface area contributed by atoms with Gasteiger partial charge in [-0.3, -0.25) is 0 Å². The molecule has 0 atom stereocenters. The van der Waals surface area contributed by atoms with E-state index in [9.17, 15) is 0 Å². The van der Waals surface area contributed by atoms with Crippen molar-refractivity contribution in [3.63, 3.8) is 0 Å². The Morgan fingerprint density at radius 1 is 0.600 bits per heavy atom.